The number of aryl methyl sites for hydroxylation is 1. The van der Waals surface area contributed by atoms with Gasteiger partial charge in [0.1, 0.15) is 17.3 Å². The van der Waals surface area contributed by atoms with E-state index >= 15 is 0 Å². The summed E-state index contributed by atoms with van der Waals surface area (Å²) in [6.45, 7) is 2.44. The summed E-state index contributed by atoms with van der Waals surface area (Å²) >= 11 is 0. The monoisotopic (exact) mass is 421 g/mol. The fourth-order valence-corrected chi connectivity index (χ4v) is 6.14. The predicted molar refractivity (Wildman–Crippen MR) is 114 cm³/mol. The van der Waals surface area contributed by atoms with Gasteiger partial charge in [0, 0.05) is 12.6 Å². The van der Waals surface area contributed by atoms with E-state index in [1.807, 2.05) is 43.3 Å². The average molecular weight is 422 g/mol. The van der Waals surface area contributed by atoms with E-state index in [-0.39, 0.29) is 11.2 Å². The Morgan fingerprint density at radius 2 is 1.83 bits per heavy atom. The number of rotatable bonds is 3. The molecule has 0 atom stereocenters. The first kappa shape index (κ1) is 19.1. The highest BCUT2D eigenvalue weighted by Gasteiger charge is 2.52. The van der Waals surface area contributed by atoms with Crippen molar-refractivity contribution in [3.8, 4) is 17.6 Å². The van der Waals surface area contributed by atoms with Crippen LogP contribution in [0.5, 0.6) is 11.5 Å². The zero-order valence-electron chi connectivity index (χ0n) is 16.8. The first-order valence-corrected chi connectivity index (χ1v) is 11.9. The van der Waals surface area contributed by atoms with Gasteiger partial charge in [-0.2, -0.15) is 5.26 Å². The second-order valence-corrected chi connectivity index (χ2v) is 10.2. The van der Waals surface area contributed by atoms with Gasteiger partial charge in [0.25, 0.3) is 10.0 Å². The molecule has 1 saturated carbocycles. The SMILES string of the molecule is Cc1ccc(Oc2ccc(C34CCC(CC3)N3CCS(=O)(=O)N=C34)cc2)cc1C#N. The zero-order valence-corrected chi connectivity index (χ0v) is 17.7. The lowest BCUT2D eigenvalue weighted by Gasteiger charge is -2.55. The molecular weight excluding hydrogens is 398 g/mol. The largest absolute Gasteiger partial charge is 0.457 e. The number of nitrogens with zero attached hydrogens (tertiary/aromatic N) is 3. The number of fused-ring (bicyclic) bond motifs is 2. The number of hydrogen-bond donors (Lipinski definition) is 0. The summed E-state index contributed by atoms with van der Waals surface area (Å²) in [5.74, 6) is 2.15. The first-order chi connectivity index (χ1) is 14.4. The molecule has 7 heteroatoms. The van der Waals surface area contributed by atoms with Gasteiger partial charge in [-0.3, -0.25) is 0 Å². The maximum Gasteiger partial charge on any atom is 0.256 e. The number of amidine groups is 1. The van der Waals surface area contributed by atoms with Crippen molar-refractivity contribution in [2.45, 2.75) is 44.1 Å². The standard InChI is InChI=1S/C23H23N3O3S/c1-16-2-5-21(14-17(16)15-24)29-20-6-3-18(4-7-20)23-10-8-19(9-11-23)26-12-13-30(27,28)25-22(23)26/h2-7,14,19H,8-13H2,1H3. The lowest BCUT2D eigenvalue weighted by atomic mass is 9.63. The molecule has 3 heterocycles. The fraction of sp³-hybridized carbons (Fsp3) is 0.391. The minimum Gasteiger partial charge on any atom is -0.457 e. The maximum atomic E-state index is 12.2. The van der Waals surface area contributed by atoms with Crippen molar-refractivity contribution in [3.05, 3.63) is 59.2 Å². The second-order valence-electron chi connectivity index (χ2n) is 8.42. The number of piperidine rings is 2. The lowest BCUT2D eigenvalue weighted by Crippen LogP contribution is -2.62. The van der Waals surface area contributed by atoms with Crippen LogP contribution in [0.3, 0.4) is 0 Å². The van der Waals surface area contributed by atoms with E-state index in [1.165, 1.54) is 0 Å². The lowest BCUT2D eigenvalue weighted by molar-refractivity contribution is 0.151. The Hall–Kier alpha value is -2.85. The van der Waals surface area contributed by atoms with E-state index < -0.39 is 10.0 Å². The van der Waals surface area contributed by atoms with Crippen LogP contribution in [0.4, 0.5) is 0 Å². The molecule has 30 heavy (non-hydrogen) atoms. The van der Waals surface area contributed by atoms with Gasteiger partial charge in [0.2, 0.25) is 0 Å². The third-order valence-corrected chi connectivity index (χ3v) is 7.89. The van der Waals surface area contributed by atoms with Gasteiger partial charge in [0.05, 0.1) is 22.8 Å². The van der Waals surface area contributed by atoms with Crippen LogP contribution in [-0.2, 0) is 15.4 Å². The Morgan fingerprint density at radius 3 is 2.53 bits per heavy atom. The van der Waals surface area contributed by atoms with Crippen molar-refractivity contribution in [3.63, 3.8) is 0 Å². The number of hydrogen-bond acceptors (Lipinski definition) is 5. The van der Waals surface area contributed by atoms with Crippen molar-refractivity contribution >= 4 is 15.9 Å². The molecule has 2 aromatic carbocycles. The molecule has 3 fully saturated rings. The molecule has 0 unspecified atom stereocenters. The minimum atomic E-state index is -3.39. The van der Waals surface area contributed by atoms with Crippen molar-refractivity contribution in [1.82, 2.24) is 4.90 Å². The van der Waals surface area contributed by atoms with Crippen molar-refractivity contribution < 1.29 is 13.2 Å². The first-order valence-electron chi connectivity index (χ1n) is 10.3. The zero-order chi connectivity index (χ0) is 20.9. The molecule has 0 N–H and O–H groups in total. The summed E-state index contributed by atoms with van der Waals surface area (Å²) in [5.41, 5.74) is 2.27. The highest BCUT2D eigenvalue weighted by molar-refractivity contribution is 7.90. The molecule has 4 aliphatic rings. The van der Waals surface area contributed by atoms with Gasteiger partial charge < -0.3 is 9.64 Å². The van der Waals surface area contributed by atoms with Gasteiger partial charge in [0.15, 0.2) is 0 Å². The summed E-state index contributed by atoms with van der Waals surface area (Å²) < 4.78 is 34.6. The molecule has 3 aliphatic heterocycles. The van der Waals surface area contributed by atoms with Crippen LogP contribution in [0.1, 0.15) is 42.4 Å². The third kappa shape index (κ3) is 3.07. The minimum absolute atomic E-state index is 0.108. The van der Waals surface area contributed by atoms with Gasteiger partial charge in [-0.1, -0.05) is 18.2 Å². The highest BCUT2D eigenvalue weighted by Crippen LogP contribution is 2.49. The average Bonchev–Trinajstić information content (AvgIpc) is 2.75. The van der Waals surface area contributed by atoms with E-state index in [0.29, 0.717) is 29.6 Å². The van der Waals surface area contributed by atoms with E-state index in [9.17, 15) is 13.7 Å². The smallest absolute Gasteiger partial charge is 0.256 e. The van der Waals surface area contributed by atoms with E-state index in [1.54, 1.807) is 6.07 Å². The molecule has 2 aromatic rings. The highest BCUT2D eigenvalue weighted by atomic mass is 32.2. The van der Waals surface area contributed by atoms with Crippen LogP contribution in [0, 0.1) is 18.3 Å². The van der Waals surface area contributed by atoms with Crippen LogP contribution >= 0.6 is 0 Å². The summed E-state index contributed by atoms with van der Waals surface area (Å²) in [6.07, 6.45) is 3.98. The molecule has 0 amide bonds. The third-order valence-electron chi connectivity index (χ3n) is 6.74. The second kappa shape index (κ2) is 6.85. The quantitative estimate of drug-likeness (QED) is 0.751. The van der Waals surface area contributed by atoms with Crippen LogP contribution in [0.2, 0.25) is 0 Å². The summed E-state index contributed by atoms with van der Waals surface area (Å²) in [4.78, 5) is 2.23. The molecule has 0 spiro atoms. The van der Waals surface area contributed by atoms with E-state index in [4.69, 9.17) is 4.74 Å². The molecular formula is C23H23N3O3S. The molecule has 6 rings (SSSR count). The summed E-state index contributed by atoms with van der Waals surface area (Å²) in [7, 11) is -3.39. The van der Waals surface area contributed by atoms with Gasteiger partial charge in [-0.15, -0.1) is 4.40 Å². The molecule has 2 bridgehead atoms. The number of nitriles is 1. The van der Waals surface area contributed by atoms with Gasteiger partial charge >= 0.3 is 0 Å². The molecule has 1 aliphatic carbocycles. The molecule has 6 nitrogen and oxygen atoms in total. The van der Waals surface area contributed by atoms with Crippen LogP contribution < -0.4 is 4.74 Å². The Balaban J connectivity index is 1.46. The van der Waals surface area contributed by atoms with E-state index in [2.05, 4.69) is 15.4 Å². The number of sulfonamides is 1. The molecule has 154 valence electrons. The van der Waals surface area contributed by atoms with Crippen LogP contribution in [-0.4, -0.2) is 37.5 Å². The van der Waals surface area contributed by atoms with Gasteiger partial charge in [-0.25, -0.2) is 8.42 Å². The predicted octanol–water partition coefficient (Wildman–Crippen LogP) is 3.90. The maximum absolute atomic E-state index is 12.2. The molecule has 0 aromatic heterocycles. The van der Waals surface area contributed by atoms with Crippen molar-refractivity contribution in [2.24, 2.45) is 4.40 Å². The summed E-state index contributed by atoms with van der Waals surface area (Å²) in [6, 6.07) is 15.9. The number of benzene rings is 2. The molecule has 0 radical (unpaired) electrons. The summed E-state index contributed by atoms with van der Waals surface area (Å²) in [5, 5.41) is 9.22. The fourth-order valence-electron chi connectivity index (χ4n) is 5.08. The van der Waals surface area contributed by atoms with Gasteiger partial charge in [-0.05, 0) is 68.0 Å². The van der Waals surface area contributed by atoms with Crippen LogP contribution in [0.25, 0.3) is 0 Å². The number of ether oxygens (including phenoxy) is 1. The Labute approximate surface area is 176 Å². The Bertz CT molecular complexity index is 1170. The topological polar surface area (TPSA) is 82.8 Å². The van der Waals surface area contributed by atoms with Crippen LogP contribution in [0.15, 0.2) is 46.9 Å². The Morgan fingerprint density at radius 1 is 1.13 bits per heavy atom. The van der Waals surface area contributed by atoms with Crippen molar-refractivity contribution in [2.75, 3.05) is 12.3 Å². The molecule has 2 saturated heterocycles. The normalized spacial score (nSPS) is 26.5. The van der Waals surface area contributed by atoms with E-state index in [0.717, 1.165) is 42.6 Å². The Kier molecular flexibility index (Phi) is 4.37. The van der Waals surface area contributed by atoms with Crippen molar-refractivity contribution in [1.29, 1.82) is 5.26 Å².